The summed E-state index contributed by atoms with van der Waals surface area (Å²) in [5.74, 6) is 0.796. The lowest BCUT2D eigenvalue weighted by Crippen LogP contribution is -2.50. The van der Waals surface area contributed by atoms with Crippen LogP contribution in [0, 0.1) is 0 Å². The molecule has 3 aromatic rings. The Hall–Kier alpha value is -2.46. The molecule has 0 N–H and O–H groups in total. The number of ether oxygens (including phenoxy) is 2. The van der Waals surface area contributed by atoms with Crippen LogP contribution in [0.3, 0.4) is 0 Å². The van der Waals surface area contributed by atoms with Crippen molar-refractivity contribution in [1.29, 1.82) is 0 Å². The maximum Gasteiger partial charge on any atom is 0.273 e. The number of thiazole rings is 1. The van der Waals surface area contributed by atoms with Crippen molar-refractivity contribution in [2.75, 3.05) is 33.3 Å². The van der Waals surface area contributed by atoms with E-state index in [0.717, 1.165) is 60.8 Å². The molecule has 5 rings (SSSR count). The third kappa shape index (κ3) is 5.53. The van der Waals surface area contributed by atoms with Crippen LogP contribution in [0.1, 0.15) is 25.7 Å². The summed E-state index contributed by atoms with van der Waals surface area (Å²) in [5.41, 5.74) is 2.00. The van der Waals surface area contributed by atoms with Crippen LogP contribution in [0.15, 0.2) is 65.0 Å². The predicted octanol–water partition coefficient (Wildman–Crippen LogP) is 4.52. The van der Waals surface area contributed by atoms with Crippen molar-refractivity contribution in [3.05, 3.63) is 60.1 Å². The summed E-state index contributed by atoms with van der Waals surface area (Å²) in [5, 5.41) is 2.68. The van der Waals surface area contributed by atoms with Gasteiger partial charge in [-0.2, -0.15) is 4.31 Å². The molecular weight excluding hydrogens is 482 g/mol. The first-order valence-corrected chi connectivity index (χ1v) is 14.4. The second-order valence-electron chi connectivity index (χ2n) is 9.04. The van der Waals surface area contributed by atoms with Crippen molar-refractivity contribution >= 4 is 21.4 Å². The number of piperidine rings is 2. The van der Waals surface area contributed by atoms with Gasteiger partial charge in [-0.05, 0) is 61.1 Å². The molecule has 2 saturated heterocycles. The molecule has 0 radical (unpaired) electrons. The van der Waals surface area contributed by atoms with Crippen LogP contribution in [-0.2, 0) is 10.0 Å². The first-order chi connectivity index (χ1) is 17.0. The van der Waals surface area contributed by atoms with E-state index in [0.29, 0.717) is 24.0 Å². The molecular formula is C26H31N3O4S2. The Morgan fingerprint density at radius 1 is 0.886 bits per heavy atom. The van der Waals surface area contributed by atoms with Gasteiger partial charge in [0.15, 0.2) is 0 Å². The maximum atomic E-state index is 13.3. The fourth-order valence-corrected chi connectivity index (χ4v) is 6.99. The summed E-state index contributed by atoms with van der Waals surface area (Å²) in [7, 11) is -1.86. The zero-order chi connectivity index (χ0) is 24.3. The molecule has 0 aliphatic carbocycles. The van der Waals surface area contributed by atoms with Gasteiger partial charge in [-0.1, -0.05) is 35.6 Å². The standard InChI is InChI=1S/C26H31N3O4S2/c1-32-23-6-2-20(3-7-23)21-4-8-25(9-5-21)35(30,31)29-17-10-22(11-18-29)28-15-12-24(13-16-28)33-26-27-14-19-34-26/h2-9,14,19,22,24H,10-13,15-18H2,1H3. The number of likely N-dealkylation sites (tertiary alicyclic amines) is 1. The second kappa shape index (κ2) is 10.7. The van der Waals surface area contributed by atoms with Crippen molar-refractivity contribution in [1.82, 2.24) is 14.2 Å². The molecule has 7 nitrogen and oxygen atoms in total. The number of sulfonamides is 1. The number of hydrogen-bond donors (Lipinski definition) is 0. The summed E-state index contributed by atoms with van der Waals surface area (Å²) in [6.45, 7) is 3.09. The highest BCUT2D eigenvalue weighted by atomic mass is 32.2. The van der Waals surface area contributed by atoms with E-state index < -0.39 is 10.0 Å². The topological polar surface area (TPSA) is 72.0 Å². The molecule has 9 heteroatoms. The highest BCUT2D eigenvalue weighted by Gasteiger charge is 2.33. The predicted molar refractivity (Wildman–Crippen MR) is 138 cm³/mol. The molecule has 186 valence electrons. The SMILES string of the molecule is COc1ccc(-c2ccc(S(=O)(=O)N3CCC(N4CCC(Oc5nccs5)CC4)CC3)cc2)cc1. The van der Waals surface area contributed by atoms with Crippen molar-refractivity contribution < 1.29 is 17.9 Å². The summed E-state index contributed by atoms with van der Waals surface area (Å²) >= 11 is 1.53. The zero-order valence-corrected chi connectivity index (χ0v) is 21.5. The molecule has 2 aliphatic rings. The van der Waals surface area contributed by atoms with E-state index in [1.54, 1.807) is 29.7 Å². The lowest BCUT2D eigenvalue weighted by Gasteiger charge is -2.41. The van der Waals surface area contributed by atoms with Gasteiger partial charge >= 0.3 is 0 Å². The Balaban J connectivity index is 1.14. The maximum absolute atomic E-state index is 13.3. The van der Waals surface area contributed by atoms with Gasteiger partial charge in [0.25, 0.3) is 5.19 Å². The summed E-state index contributed by atoms with van der Waals surface area (Å²) < 4.78 is 39.4. The third-order valence-electron chi connectivity index (χ3n) is 7.01. The lowest BCUT2D eigenvalue weighted by atomic mass is 10.00. The fraction of sp³-hybridized carbons (Fsp3) is 0.423. The average molecular weight is 514 g/mol. The van der Waals surface area contributed by atoms with Crippen LogP contribution < -0.4 is 9.47 Å². The van der Waals surface area contributed by atoms with Crippen LogP contribution in [0.2, 0.25) is 0 Å². The molecule has 3 heterocycles. The minimum atomic E-state index is -3.49. The van der Waals surface area contributed by atoms with E-state index in [9.17, 15) is 8.42 Å². The quantitative estimate of drug-likeness (QED) is 0.463. The first-order valence-electron chi connectivity index (χ1n) is 12.1. The molecule has 0 bridgehead atoms. The van der Waals surface area contributed by atoms with E-state index in [1.165, 1.54) is 11.3 Å². The highest BCUT2D eigenvalue weighted by molar-refractivity contribution is 7.89. The van der Waals surface area contributed by atoms with Gasteiger partial charge in [-0.25, -0.2) is 13.4 Å². The number of rotatable bonds is 7. The van der Waals surface area contributed by atoms with E-state index in [4.69, 9.17) is 9.47 Å². The minimum absolute atomic E-state index is 0.221. The van der Waals surface area contributed by atoms with Crippen LogP contribution in [0.4, 0.5) is 0 Å². The molecule has 2 fully saturated rings. The minimum Gasteiger partial charge on any atom is -0.497 e. The molecule has 0 spiro atoms. The van der Waals surface area contributed by atoms with Crippen molar-refractivity contribution in [3.63, 3.8) is 0 Å². The Morgan fingerprint density at radius 2 is 1.51 bits per heavy atom. The van der Waals surface area contributed by atoms with E-state index in [2.05, 4.69) is 9.88 Å². The van der Waals surface area contributed by atoms with Gasteiger partial charge in [0.1, 0.15) is 11.9 Å². The lowest BCUT2D eigenvalue weighted by molar-refractivity contribution is 0.0584. The normalized spacial score (nSPS) is 19.0. The fourth-order valence-electron chi connectivity index (χ4n) is 4.97. The van der Waals surface area contributed by atoms with E-state index in [1.807, 2.05) is 41.8 Å². The molecule has 2 aliphatic heterocycles. The number of methoxy groups -OCH3 is 1. The Morgan fingerprint density at radius 3 is 2.09 bits per heavy atom. The highest BCUT2D eigenvalue weighted by Crippen LogP contribution is 2.29. The van der Waals surface area contributed by atoms with Gasteiger partial charge in [0.2, 0.25) is 10.0 Å². The Kier molecular flexibility index (Phi) is 7.38. The summed E-state index contributed by atoms with van der Waals surface area (Å²) in [6.07, 6.45) is 5.69. The smallest absolute Gasteiger partial charge is 0.273 e. The molecule has 0 amide bonds. The zero-order valence-electron chi connectivity index (χ0n) is 19.9. The Labute approximate surface area is 211 Å². The number of nitrogens with zero attached hydrogens (tertiary/aromatic N) is 3. The number of aromatic nitrogens is 1. The second-order valence-corrected chi connectivity index (χ2v) is 11.8. The van der Waals surface area contributed by atoms with Gasteiger partial charge in [0, 0.05) is 43.8 Å². The van der Waals surface area contributed by atoms with Crippen LogP contribution >= 0.6 is 11.3 Å². The van der Waals surface area contributed by atoms with Crippen molar-refractivity contribution in [2.45, 2.75) is 42.7 Å². The average Bonchev–Trinajstić information content (AvgIpc) is 3.42. The van der Waals surface area contributed by atoms with Crippen LogP contribution in [-0.4, -0.2) is 68.0 Å². The van der Waals surface area contributed by atoms with Gasteiger partial charge < -0.3 is 14.4 Å². The molecule has 0 unspecified atom stereocenters. The van der Waals surface area contributed by atoms with Crippen molar-refractivity contribution in [3.8, 4) is 22.1 Å². The monoisotopic (exact) mass is 513 g/mol. The third-order valence-corrected chi connectivity index (χ3v) is 9.58. The van der Waals surface area contributed by atoms with Gasteiger partial charge in [-0.3, -0.25) is 0 Å². The molecule has 0 saturated carbocycles. The number of benzene rings is 2. The Bertz CT molecular complexity index is 1180. The van der Waals surface area contributed by atoms with Crippen LogP contribution in [0.5, 0.6) is 10.9 Å². The molecule has 0 atom stereocenters. The van der Waals surface area contributed by atoms with E-state index >= 15 is 0 Å². The van der Waals surface area contributed by atoms with Gasteiger partial charge in [0.05, 0.1) is 12.0 Å². The summed E-state index contributed by atoms with van der Waals surface area (Å²) in [6, 6.07) is 15.4. The van der Waals surface area contributed by atoms with Gasteiger partial charge in [-0.15, -0.1) is 0 Å². The first kappa shape index (κ1) is 24.2. The van der Waals surface area contributed by atoms with E-state index in [-0.39, 0.29) is 6.10 Å². The molecule has 35 heavy (non-hydrogen) atoms. The van der Waals surface area contributed by atoms with Crippen molar-refractivity contribution in [2.24, 2.45) is 0 Å². The summed E-state index contributed by atoms with van der Waals surface area (Å²) in [4.78, 5) is 7.08. The molecule has 1 aromatic heterocycles. The molecule has 2 aromatic carbocycles. The largest absolute Gasteiger partial charge is 0.497 e. The number of hydrogen-bond acceptors (Lipinski definition) is 7. The van der Waals surface area contributed by atoms with Crippen LogP contribution in [0.25, 0.3) is 11.1 Å².